The highest BCUT2D eigenvalue weighted by molar-refractivity contribution is 5.87. The molecule has 2 aromatic rings. The predicted molar refractivity (Wildman–Crippen MR) is 57.6 cm³/mol. The van der Waals surface area contributed by atoms with Crippen molar-refractivity contribution < 1.29 is 4.74 Å². The van der Waals surface area contributed by atoms with Gasteiger partial charge in [0, 0.05) is 11.6 Å². The smallest absolute Gasteiger partial charge is 0.145 e. The van der Waals surface area contributed by atoms with E-state index in [0.29, 0.717) is 6.42 Å². The molecule has 1 aromatic heterocycles. The van der Waals surface area contributed by atoms with Gasteiger partial charge in [0.05, 0.1) is 19.6 Å². The normalized spacial score (nSPS) is 9.87. The average molecular weight is 198 g/mol. The van der Waals surface area contributed by atoms with Gasteiger partial charge in [-0.05, 0) is 17.7 Å². The molecule has 0 aliphatic carbocycles. The summed E-state index contributed by atoms with van der Waals surface area (Å²) < 4.78 is 5.22. The van der Waals surface area contributed by atoms with E-state index in [1.807, 2.05) is 24.3 Å². The Bertz CT molecular complexity index is 529. The standard InChI is InChI=1S/C12H10N2O/c1-15-11-4-2-3-10-9(5-7-13)6-8-14-12(10)11/h2-4,6,8H,5H2,1H3. The third-order valence-corrected chi connectivity index (χ3v) is 2.31. The van der Waals surface area contributed by atoms with Gasteiger partial charge in [0.2, 0.25) is 0 Å². The van der Waals surface area contributed by atoms with Crippen molar-refractivity contribution >= 4 is 10.9 Å². The highest BCUT2D eigenvalue weighted by atomic mass is 16.5. The molecule has 3 nitrogen and oxygen atoms in total. The molecule has 0 unspecified atom stereocenters. The third kappa shape index (κ3) is 1.62. The van der Waals surface area contributed by atoms with E-state index >= 15 is 0 Å². The van der Waals surface area contributed by atoms with Crippen LogP contribution in [-0.4, -0.2) is 12.1 Å². The van der Waals surface area contributed by atoms with E-state index in [9.17, 15) is 0 Å². The number of rotatable bonds is 2. The minimum atomic E-state index is 0.395. The van der Waals surface area contributed by atoms with Crippen molar-refractivity contribution in [2.45, 2.75) is 6.42 Å². The molecule has 0 atom stereocenters. The Hall–Kier alpha value is -2.08. The number of nitrogens with zero attached hydrogens (tertiary/aromatic N) is 2. The van der Waals surface area contributed by atoms with E-state index in [4.69, 9.17) is 10.00 Å². The number of benzene rings is 1. The van der Waals surface area contributed by atoms with E-state index in [0.717, 1.165) is 22.2 Å². The van der Waals surface area contributed by atoms with E-state index in [-0.39, 0.29) is 0 Å². The van der Waals surface area contributed by atoms with Crippen LogP contribution in [-0.2, 0) is 6.42 Å². The van der Waals surface area contributed by atoms with Gasteiger partial charge in [0.1, 0.15) is 11.3 Å². The van der Waals surface area contributed by atoms with Crippen LogP contribution >= 0.6 is 0 Å². The SMILES string of the molecule is COc1cccc2c(CC#N)ccnc12. The van der Waals surface area contributed by atoms with Crippen LogP contribution in [0, 0.1) is 11.3 Å². The van der Waals surface area contributed by atoms with Crippen molar-refractivity contribution in [3.63, 3.8) is 0 Å². The summed E-state index contributed by atoms with van der Waals surface area (Å²) in [5, 5.41) is 9.69. The fourth-order valence-electron chi connectivity index (χ4n) is 1.61. The van der Waals surface area contributed by atoms with Crippen molar-refractivity contribution in [3.05, 3.63) is 36.0 Å². The molecule has 0 aliphatic rings. The maximum Gasteiger partial charge on any atom is 0.145 e. The molecule has 0 saturated heterocycles. The van der Waals surface area contributed by atoms with Crippen LogP contribution in [0.1, 0.15) is 5.56 Å². The maximum absolute atomic E-state index is 8.70. The lowest BCUT2D eigenvalue weighted by atomic mass is 10.1. The van der Waals surface area contributed by atoms with Gasteiger partial charge < -0.3 is 4.74 Å². The van der Waals surface area contributed by atoms with Crippen molar-refractivity contribution in [3.8, 4) is 11.8 Å². The Morgan fingerprint density at radius 1 is 1.40 bits per heavy atom. The van der Waals surface area contributed by atoms with E-state index in [1.165, 1.54) is 0 Å². The van der Waals surface area contributed by atoms with Gasteiger partial charge in [-0.1, -0.05) is 12.1 Å². The van der Waals surface area contributed by atoms with Crippen molar-refractivity contribution in [2.75, 3.05) is 7.11 Å². The molecule has 0 bridgehead atoms. The summed E-state index contributed by atoms with van der Waals surface area (Å²) in [6, 6.07) is 9.74. The lowest BCUT2D eigenvalue weighted by Gasteiger charge is -2.06. The molecule has 1 heterocycles. The highest BCUT2D eigenvalue weighted by Crippen LogP contribution is 2.25. The molecular weight excluding hydrogens is 188 g/mol. The van der Waals surface area contributed by atoms with E-state index in [1.54, 1.807) is 13.3 Å². The number of nitriles is 1. The monoisotopic (exact) mass is 198 g/mol. The second kappa shape index (κ2) is 3.97. The fraction of sp³-hybridized carbons (Fsp3) is 0.167. The van der Waals surface area contributed by atoms with Gasteiger partial charge in [0.15, 0.2) is 0 Å². The molecule has 0 amide bonds. The molecule has 0 saturated carbocycles. The van der Waals surface area contributed by atoms with Crippen molar-refractivity contribution in [1.82, 2.24) is 4.98 Å². The number of hydrogen-bond acceptors (Lipinski definition) is 3. The van der Waals surface area contributed by atoms with Gasteiger partial charge in [-0.2, -0.15) is 5.26 Å². The van der Waals surface area contributed by atoms with Gasteiger partial charge in [0.25, 0.3) is 0 Å². The first-order chi connectivity index (χ1) is 7.36. The van der Waals surface area contributed by atoms with Gasteiger partial charge in [-0.15, -0.1) is 0 Å². The summed E-state index contributed by atoms with van der Waals surface area (Å²) in [6.07, 6.45) is 2.10. The second-order valence-corrected chi connectivity index (χ2v) is 3.16. The number of para-hydroxylation sites is 1. The molecule has 1 aromatic carbocycles. The van der Waals surface area contributed by atoms with Gasteiger partial charge in [-0.3, -0.25) is 4.98 Å². The number of methoxy groups -OCH3 is 1. The Morgan fingerprint density at radius 3 is 3.00 bits per heavy atom. The predicted octanol–water partition coefficient (Wildman–Crippen LogP) is 2.31. The molecule has 0 fully saturated rings. The van der Waals surface area contributed by atoms with Crippen LogP contribution in [0.25, 0.3) is 10.9 Å². The zero-order valence-corrected chi connectivity index (χ0v) is 8.40. The van der Waals surface area contributed by atoms with Crippen LogP contribution in [0.3, 0.4) is 0 Å². The number of aromatic nitrogens is 1. The quantitative estimate of drug-likeness (QED) is 0.743. The van der Waals surface area contributed by atoms with Crippen LogP contribution < -0.4 is 4.74 Å². The summed E-state index contributed by atoms with van der Waals surface area (Å²) in [5.74, 6) is 0.743. The molecule has 3 heteroatoms. The average Bonchev–Trinajstić information content (AvgIpc) is 2.29. The molecule has 0 radical (unpaired) electrons. The molecule has 0 spiro atoms. The minimum absolute atomic E-state index is 0.395. The minimum Gasteiger partial charge on any atom is -0.494 e. The van der Waals surface area contributed by atoms with Crippen molar-refractivity contribution in [1.29, 1.82) is 5.26 Å². The first-order valence-electron chi connectivity index (χ1n) is 4.64. The number of fused-ring (bicyclic) bond motifs is 1. The molecule has 0 N–H and O–H groups in total. The summed E-state index contributed by atoms with van der Waals surface area (Å²) in [5.41, 5.74) is 1.80. The van der Waals surface area contributed by atoms with E-state index in [2.05, 4.69) is 11.1 Å². The lowest BCUT2D eigenvalue weighted by Crippen LogP contribution is -1.91. The molecule has 0 aliphatic heterocycles. The highest BCUT2D eigenvalue weighted by Gasteiger charge is 2.05. The number of pyridine rings is 1. The Balaban J connectivity index is 2.72. The van der Waals surface area contributed by atoms with Crippen LogP contribution in [0.4, 0.5) is 0 Å². The maximum atomic E-state index is 8.70. The molecular formula is C12H10N2O. The summed E-state index contributed by atoms with van der Waals surface area (Å²) in [4.78, 5) is 4.26. The Labute approximate surface area is 87.9 Å². The summed E-state index contributed by atoms with van der Waals surface area (Å²) in [6.45, 7) is 0. The molecule has 15 heavy (non-hydrogen) atoms. The topological polar surface area (TPSA) is 45.9 Å². The first-order valence-corrected chi connectivity index (χ1v) is 4.64. The second-order valence-electron chi connectivity index (χ2n) is 3.16. The van der Waals surface area contributed by atoms with Crippen LogP contribution in [0.2, 0.25) is 0 Å². The van der Waals surface area contributed by atoms with Gasteiger partial charge in [-0.25, -0.2) is 0 Å². The van der Waals surface area contributed by atoms with Crippen LogP contribution in [0.15, 0.2) is 30.5 Å². The van der Waals surface area contributed by atoms with E-state index < -0.39 is 0 Å². The summed E-state index contributed by atoms with van der Waals surface area (Å²) >= 11 is 0. The zero-order chi connectivity index (χ0) is 10.7. The lowest BCUT2D eigenvalue weighted by molar-refractivity contribution is 0.419. The van der Waals surface area contributed by atoms with Crippen molar-refractivity contribution in [2.24, 2.45) is 0 Å². The first kappa shape index (κ1) is 9.47. The van der Waals surface area contributed by atoms with Gasteiger partial charge >= 0.3 is 0 Å². The summed E-state index contributed by atoms with van der Waals surface area (Å²) in [7, 11) is 1.62. The Morgan fingerprint density at radius 2 is 2.27 bits per heavy atom. The number of hydrogen-bond donors (Lipinski definition) is 0. The van der Waals surface area contributed by atoms with Crippen LogP contribution in [0.5, 0.6) is 5.75 Å². The fourth-order valence-corrected chi connectivity index (χ4v) is 1.61. The third-order valence-electron chi connectivity index (χ3n) is 2.31. The molecule has 74 valence electrons. The number of ether oxygens (including phenoxy) is 1. The zero-order valence-electron chi connectivity index (χ0n) is 8.40. The largest absolute Gasteiger partial charge is 0.494 e. The molecule has 2 rings (SSSR count). The Kier molecular flexibility index (Phi) is 2.51.